The maximum Gasteiger partial charge on any atom is 0.161 e. The molecule has 1 N–H and O–H groups in total. The summed E-state index contributed by atoms with van der Waals surface area (Å²) in [6.45, 7) is 5.65. The van der Waals surface area contributed by atoms with Crippen LogP contribution in [0.15, 0.2) is 42.5 Å². The van der Waals surface area contributed by atoms with Gasteiger partial charge in [-0.05, 0) is 68.2 Å². The molecule has 6 nitrogen and oxygen atoms in total. The van der Waals surface area contributed by atoms with Crippen LogP contribution in [0.5, 0.6) is 23.0 Å². The number of piperidine rings is 1. The zero-order valence-corrected chi connectivity index (χ0v) is 17.9. The molecule has 4 rings (SSSR count). The average molecular weight is 413 g/mol. The second kappa shape index (κ2) is 10.0. The molecule has 0 spiro atoms. The average Bonchev–Trinajstić information content (AvgIpc) is 2.80. The summed E-state index contributed by atoms with van der Waals surface area (Å²) in [5.74, 6) is 3.98. The molecule has 0 aliphatic carbocycles. The summed E-state index contributed by atoms with van der Waals surface area (Å²) in [5.41, 5.74) is 1.26. The van der Waals surface area contributed by atoms with Crippen LogP contribution in [0.25, 0.3) is 0 Å². The molecule has 1 fully saturated rings. The van der Waals surface area contributed by atoms with Crippen molar-refractivity contribution in [2.45, 2.75) is 25.5 Å². The predicted molar refractivity (Wildman–Crippen MR) is 117 cm³/mol. The monoisotopic (exact) mass is 412 g/mol. The summed E-state index contributed by atoms with van der Waals surface area (Å²) in [6, 6.07) is 14.1. The largest absolute Gasteiger partial charge is 0.493 e. The molecule has 6 heteroatoms. The SMILES string of the molecule is COc1ccc(CN2CCC(CNCC3COc4ccccc4O3)CC2)cc1OC. The zero-order valence-electron chi connectivity index (χ0n) is 17.9. The summed E-state index contributed by atoms with van der Waals surface area (Å²) in [6.07, 6.45) is 2.50. The van der Waals surface area contributed by atoms with Gasteiger partial charge < -0.3 is 24.3 Å². The highest BCUT2D eigenvalue weighted by Gasteiger charge is 2.22. The van der Waals surface area contributed by atoms with Crippen LogP contribution in [-0.2, 0) is 6.54 Å². The molecule has 30 heavy (non-hydrogen) atoms. The van der Waals surface area contributed by atoms with Crippen LogP contribution in [0.3, 0.4) is 0 Å². The van der Waals surface area contributed by atoms with E-state index in [1.807, 2.05) is 30.3 Å². The fraction of sp³-hybridized carbons (Fsp3) is 0.500. The second-order valence-electron chi connectivity index (χ2n) is 8.06. The van der Waals surface area contributed by atoms with Crippen molar-refractivity contribution in [3.05, 3.63) is 48.0 Å². The van der Waals surface area contributed by atoms with Crippen molar-refractivity contribution in [3.8, 4) is 23.0 Å². The Hall–Kier alpha value is -2.44. The minimum Gasteiger partial charge on any atom is -0.493 e. The maximum absolute atomic E-state index is 6.03. The molecule has 0 radical (unpaired) electrons. The third kappa shape index (κ3) is 5.18. The normalized spacial score (nSPS) is 19.5. The first-order chi connectivity index (χ1) is 14.7. The van der Waals surface area contributed by atoms with E-state index in [0.29, 0.717) is 12.5 Å². The van der Waals surface area contributed by atoms with Crippen molar-refractivity contribution >= 4 is 0 Å². The van der Waals surface area contributed by atoms with Gasteiger partial charge in [0.1, 0.15) is 12.7 Å². The van der Waals surface area contributed by atoms with Crippen molar-refractivity contribution in [2.24, 2.45) is 5.92 Å². The van der Waals surface area contributed by atoms with E-state index in [1.54, 1.807) is 14.2 Å². The van der Waals surface area contributed by atoms with Crippen LogP contribution in [0, 0.1) is 5.92 Å². The molecule has 2 aromatic carbocycles. The molecule has 2 heterocycles. The number of hydrogen-bond acceptors (Lipinski definition) is 6. The Morgan fingerprint density at radius 1 is 0.967 bits per heavy atom. The molecular formula is C24H32N2O4. The summed E-state index contributed by atoms with van der Waals surface area (Å²) in [7, 11) is 3.35. The van der Waals surface area contributed by atoms with E-state index in [9.17, 15) is 0 Å². The number of para-hydroxylation sites is 2. The van der Waals surface area contributed by atoms with Gasteiger partial charge in [-0.2, -0.15) is 0 Å². The molecule has 2 aliphatic rings. The van der Waals surface area contributed by atoms with E-state index in [4.69, 9.17) is 18.9 Å². The van der Waals surface area contributed by atoms with E-state index >= 15 is 0 Å². The van der Waals surface area contributed by atoms with E-state index in [-0.39, 0.29) is 6.10 Å². The lowest BCUT2D eigenvalue weighted by Gasteiger charge is -2.33. The fourth-order valence-electron chi connectivity index (χ4n) is 4.20. The summed E-state index contributed by atoms with van der Waals surface area (Å²) in [4.78, 5) is 2.52. The zero-order chi connectivity index (χ0) is 20.8. The van der Waals surface area contributed by atoms with Gasteiger partial charge in [0, 0.05) is 13.1 Å². The topological polar surface area (TPSA) is 52.2 Å². The quantitative estimate of drug-likeness (QED) is 0.718. The lowest BCUT2D eigenvalue weighted by molar-refractivity contribution is 0.0881. The first-order valence-corrected chi connectivity index (χ1v) is 10.8. The predicted octanol–water partition coefficient (Wildman–Crippen LogP) is 3.35. The van der Waals surface area contributed by atoms with Crippen molar-refractivity contribution in [1.29, 1.82) is 0 Å². The summed E-state index contributed by atoms with van der Waals surface area (Å²) < 4.78 is 22.6. The molecule has 0 amide bonds. The Morgan fingerprint density at radius 3 is 2.50 bits per heavy atom. The lowest BCUT2D eigenvalue weighted by atomic mass is 9.96. The Labute approximate surface area is 179 Å². The Bertz CT molecular complexity index is 821. The first-order valence-electron chi connectivity index (χ1n) is 10.8. The molecule has 2 aliphatic heterocycles. The van der Waals surface area contributed by atoms with E-state index < -0.39 is 0 Å². The van der Waals surface area contributed by atoms with Gasteiger partial charge in [-0.3, -0.25) is 4.90 Å². The van der Waals surface area contributed by atoms with E-state index in [2.05, 4.69) is 22.3 Å². The van der Waals surface area contributed by atoms with Crippen LogP contribution >= 0.6 is 0 Å². The van der Waals surface area contributed by atoms with Crippen molar-refractivity contribution < 1.29 is 18.9 Å². The van der Waals surface area contributed by atoms with Crippen LogP contribution < -0.4 is 24.3 Å². The van der Waals surface area contributed by atoms with Crippen molar-refractivity contribution in [1.82, 2.24) is 10.2 Å². The number of nitrogens with zero attached hydrogens (tertiary/aromatic N) is 1. The van der Waals surface area contributed by atoms with E-state index in [0.717, 1.165) is 55.7 Å². The van der Waals surface area contributed by atoms with Crippen LogP contribution in [0.1, 0.15) is 18.4 Å². The van der Waals surface area contributed by atoms with Gasteiger partial charge in [0.15, 0.2) is 23.0 Å². The second-order valence-corrected chi connectivity index (χ2v) is 8.06. The lowest BCUT2D eigenvalue weighted by Crippen LogP contribution is -2.42. The van der Waals surface area contributed by atoms with Gasteiger partial charge in [0.2, 0.25) is 0 Å². The highest BCUT2D eigenvalue weighted by atomic mass is 16.6. The van der Waals surface area contributed by atoms with Crippen LogP contribution in [0.2, 0.25) is 0 Å². The number of hydrogen-bond donors (Lipinski definition) is 1. The Morgan fingerprint density at radius 2 is 1.73 bits per heavy atom. The number of fused-ring (bicyclic) bond motifs is 1. The minimum atomic E-state index is 0.0741. The molecule has 162 valence electrons. The van der Waals surface area contributed by atoms with Gasteiger partial charge in [-0.15, -0.1) is 0 Å². The van der Waals surface area contributed by atoms with Crippen LogP contribution in [-0.4, -0.2) is 58.0 Å². The highest BCUT2D eigenvalue weighted by Crippen LogP contribution is 2.31. The molecule has 1 saturated heterocycles. The number of methoxy groups -OCH3 is 2. The molecule has 0 bridgehead atoms. The number of ether oxygens (including phenoxy) is 4. The summed E-state index contributed by atoms with van der Waals surface area (Å²) in [5, 5.41) is 3.59. The van der Waals surface area contributed by atoms with Crippen molar-refractivity contribution in [2.75, 3.05) is 47.0 Å². The van der Waals surface area contributed by atoms with Gasteiger partial charge in [0.05, 0.1) is 14.2 Å². The van der Waals surface area contributed by atoms with Crippen LogP contribution in [0.4, 0.5) is 0 Å². The van der Waals surface area contributed by atoms with Gasteiger partial charge in [-0.25, -0.2) is 0 Å². The third-order valence-electron chi connectivity index (χ3n) is 5.93. The van der Waals surface area contributed by atoms with Crippen molar-refractivity contribution in [3.63, 3.8) is 0 Å². The number of benzene rings is 2. The van der Waals surface area contributed by atoms with Gasteiger partial charge in [-0.1, -0.05) is 18.2 Å². The third-order valence-corrected chi connectivity index (χ3v) is 5.93. The Kier molecular flexibility index (Phi) is 6.97. The molecule has 2 aromatic rings. The molecule has 0 saturated carbocycles. The Balaban J connectivity index is 1.17. The van der Waals surface area contributed by atoms with Gasteiger partial charge in [0.25, 0.3) is 0 Å². The minimum absolute atomic E-state index is 0.0741. The molecular weight excluding hydrogens is 380 g/mol. The summed E-state index contributed by atoms with van der Waals surface area (Å²) >= 11 is 0. The highest BCUT2D eigenvalue weighted by molar-refractivity contribution is 5.43. The number of rotatable bonds is 8. The molecule has 0 aromatic heterocycles. The number of likely N-dealkylation sites (tertiary alicyclic amines) is 1. The smallest absolute Gasteiger partial charge is 0.161 e. The number of nitrogens with one attached hydrogen (secondary N) is 1. The van der Waals surface area contributed by atoms with Gasteiger partial charge >= 0.3 is 0 Å². The van der Waals surface area contributed by atoms with E-state index in [1.165, 1.54) is 18.4 Å². The standard InChI is InChI=1S/C24H32N2O4/c1-27-21-8-7-19(13-24(21)28-2)16-26-11-9-18(10-12-26)14-25-15-20-17-29-22-5-3-4-6-23(22)30-20/h3-8,13,18,20,25H,9-12,14-17H2,1-2H3. The first kappa shape index (κ1) is 20.8. The molecule has 1 unspecified atom stereocenters. The molecule has 1 atom stereocenters. The fourth-order valence-corrected chi connectivity index (χ4v) is 4.20. The maximum atomic E-state index is 6.03.